The van der Waals surface area contributed by atoms with E-state index < -0.39 is 32.0 Å². The summed E-state index contributed by atoms with van der Waals surface area (Å²) >= 11 is 0. The minimum atomic E-state index is -4.82. The van der Waals surface area contributed by atoms with Crippen LogP contribution in [0.3, 0.4) is 0 Å². The van der Waals surface area contributed by atoms with Gasteiger partial charge in [0.2, 0.25) is 0 Å². The Morgan fingerprint density at radius 1 is 0.784 bits per heavy atom. The van der Waals surface area contributed by atoms with Crippen LogP contribution in [0.1, 0.15) is 51.0 Å². The molecule has 2 aromatic rings. The first-order valence-electron chi connectivity index (χ1n) is 11.1. The Balaban J connectivity index is 2.39. The Hall–Kier alpha value is -3.75. The summed E-state index contributed by atoms with van der Waals surface area (Å²) in [6.45, 7) is 13.2. The molecule has 0 aliphatic heterocycles. The van der Waals surface area contributed by atoms with E-state index in [1.807, 2.05) is 0 Å². The number of esters is 2. The Bertz CT molecular complexity index is 1140. The van der Waals surface area contributed by atoms with Crippen LogP contribution in [0.2, 0.25) is 0 Å². The molecule has 37 heavy (non-hydrogen) atoms. The number of phosphoric ester groups is 1. The van der Waals surface area contributed by atoms with Crippen molar-refractivity contribution in [3.05, 3.63) is 71.8 Å². The lowest BCUT2D eigenvalue weighted by Crippen LogP contribution is -2.12. The molecule has 0 bridgehead atoms. The standard InChI is InChI=1S/C26H31O10P/c1-15(2)25(27)33-17(5)21-13-19(31-7)9-11-23(21)35-37(29,30)36-24-12-10-20(32-8)14-22(24)18(6)34-26(28)16(3)4/h9-14,17-18H,1,3H2,2,4-8H3,(H,29,30). The number of benzene rings is 2. The fraction of sp³-hybridized carbons (Fsp3) is 0.308. The maximum absolute atomic E-state index is 13.1. The van der Waals surface area contributed by atoms with Crippen molar-refractivity contribution in [2.75, 3.05) is 14.2 Å². The lowest BCUT2D eigenvalue weighted by atomic mass is 10.1. The van der Waals surface area contributed by atoms with E-state index in [0.717, 1.165) is 0 Å². The van der Waals surface area contributed by atoms with Crippen LogP contribution in [0.25, 0.3) is 0 Å². The molecule has 11 heteroatoms. The third-order valence-electron chi connectivity index (χ3n) is 5.00. The molecule has 0 heterocycles. The minimum Gasteiger partial charge on any atom is -0.497 e. The number of methoxy groups -OCH3 is 2. The maximum Gasteiger partial charge on any atom is 0.584 e. The topological polar surface area (TPSA) is 127 Å². The maximum atomic E-state index is 13.1. The summed E-state index contributed by atoms with van der Waals surface area (Å²) in [6.07, 6.45) is -1.76. The van der Waals surface area contributed by atoms with E-state index in [0.29, 0.717) is 11.5 Å². The predicted octanol–water partition coefficient (Wildman–Crippen LogP) is 5.62. The lowest BCUT2D eigenvalue weighted by Gasteiger charge is -2.22. The zero-order valence-corrected chi connectivity index (χ0v) is 22.5. The minimum absolute atomic E-state index is 0.0783. The number of hydrogen-bond donors (Lipinski definition) is 1. The van der Waals surface area contributed by atoms with Crippen molar-refractivity contribution in [2.45, 2.75) is 39.9 Å². The van der Waals surface area contributed by atoms with Gasteiger partial charge in [-0.2, -0.15) is 0 Å². The molecule has 2 atom stereocenters. The highest BCUT2D eigenvalue weighted by Gasteiger charge is 2.31. The predicted molar refractivity (Wildman–Crippen MR) is 136 cm³/mol. The van der Waals surface area contributed by atoms with E-state index >= 15 is 0 Å². The molecule has 0 saturated heterocycles. The second-order valence-electron chi connectivity index (χ2n) is 8.11. The van der Waals surface area contributed by atoms with Crippen molar-refractivity contribution < 1.29 is 47.0 Å². The van der Waals surface area contributed by atoms with E-state index in [-0.39, 0.29) is 33.8 Å². The molecule has 2 aromatic carbocycles. The van der Waals surface area contributed by atoms with Gasteiger partial charge in [-0.25, -0.2) is 14.2 Å². The monoisotopic (exact) mass is 534 g/mol. The van der Waals surface area contributed by atoms with Crippen LogP contribution < -0.4 is 18.5 Å². The van der Waals surface area contributed by atoms with Gasteiger partial charge in [0.1, 0.15) is 35.2 Å². The first-order valence-corrected chi connectivity index (χ1v) is 12.6. The summed E-state index contributed by atoms with van der Waals surface area (Å²) in [6, 6.07) is 8.79. The summed E-state index contributed by atoms with van der Waals surface area (Å²) in [5.74, 6) is -0.646. The number of carbonyl (C=O) groups excluding carboxylic acids is 2. The van der Waals surface area contributed by atoms with Crippen LogP contribution in [0.4, 0.5) is 0 Å². The number of rotatable bonds is 12. The summed E-state index contributed by atoms with van der Waals surface area (Å²) < 4.78 is 45.0. The molecule has 200 valence electrons. The van der Waals surface area contributed by atoms with E-state index in [4.69, 9.17) is 28.0 Å². The molecular weight excluding hydrogens is 503 g/mol. The zero-order chi connectivity index (χ0) is 27.9. The smallest absolute Gasteiger partial charge is 0.497 e. The second kappa shape index (κ2) is 12.5. The summed E-state index contributed by atoms with van der Waals surface area (Å²) in [5, 5.41) is 0. The van der Waals surface area contributed by atoms with E-state index in [1.165, 1.54) is 64.5 Å². The quantitative estimate of drug-likeness (QED) is 0.208. The molecule has 0 fully saturated rings. The molecule has 0 spiro atoms. The molecule has 2 unspecified atom stereocenters. The summed E-state index contributed by atoms with van der Waals surface area (Å²) in [7, 11) is -1.94. The van der Waals surface area contributed by atoms with Gasteiger partial charge in [0.25, 0.3) is 0 Å². The molecule has 0 amide bonds. The first-order chi connectivity index (χ1) is 17.3. The van der Waals surface area contributed by atoms with Gasteiger partial charge < -0.3 is 28.0 Å². The van der Waals surface area contributed by atoms with E-state index in [2.05, 4.69) is 13.2 Å². The zero-order valence-electron chi connectivity index (χ0n) is 21.6. The number of ether oxygens (including phenoxy) is 4. The normalized spacial score (nSPS) is 13.8. The summed E-state index contributed by atoms with van der Waals surface area (Å²) in [4.78, 5) is 34.7. The van der Waals surface area contributed by atoms with Gasteiger partial charge in [0, 0.05) is 22.3 Å². The van der Waals surface area contributed by atoms with E-state index in [9.17, 15) is 19.0 Å². The van der Waals surface area contributed by atoms with E-state index in [1.54, 1.807) is 13.8 Å². The van der Waals surface area contributed by atoms with Crippen molar-refractivity contribution in [1.29, 1.82) is 0 Å². The van der Waals surface area contributed by atoms with Crippen LogP contribution in [0, 0.1) is 0 Å². The molecular formula is C26H31O10P. The third kappa shape index (κ3) is 8.13. The average Bonchev–Trinajstić information content (AvgIpc) is 2.83. The second-order valence-corrected chi connectivity index (χ2v) is 9.42. The van der Waals surface area contributed by atoms with Gasteiger partial charge in [0.15, 0.2) is 0 Å². The third-order valence-corrected chi connectivity index (χ3v) is 5.86. The van der Waals surface area contributed by atoms with Crippen molar-refractivity contribution in [3.8, 4) is 23.0 Å². The molecule has 1 N–H and O–H groups in total. The van der Waals surface area contributed by atoms with Crippen molar-refractivity contribution in [2.24, 2.45) is 0 Å². The molecule has 2 rings (SSSR count). The molecule has 0 radical (unpaired) electrons. The fourth-order valence-corrected chi connectivity index (χ4v) is 3.89. The molecule has 0 aliphatic carbocycles. The van der Waals surface area contributed by atoms with Gasteiger partial charge in [-0.1, -0.05) is 13.2 Å². The Labute approximate surface area is 216 Å². The van der Waals surface area contributed by atoms with Gasteiger partial charge in [0.05, 0.1) is 14.2 Å². The number of carbonyl (C=O) groups is 2. The van der Waals surface area contributed by atoms with Gasteiger partial charge in [-0.15, -0.1) is 0 Å². The van der Waals surface area contributed by atoms with Crippen LogP contribution in [-0.4, -0.2) is 31.1 Å². The lowest BCUT2D eigenvalue weighted by molar-refractivity contribution is -0.144. The highest BCUT2D eigenvalue weighted by Crippen LogP contribution is 2.49. The fourth-order valence-electron chi connectivity index (χ4n) is 3.03. The molecule has 0 saturated carbocycles. The van der Waals surface area contributed by atoms with Gasteiger partial charge >= 0.3 is 19.8 Å². The highest BCUT2D eigenvalue weighted by atomic mass is 31.2. The number of hydrogen-bond acceptors (Lipinski definition) is 9. The van der Waals surface area contributed by atoms with Crippen LogP contribution in [0.5, 0.6) is 23.0 Å². The average molecular weight is 534 g/mol. The molecule has 0 aromatic heterocycles. The Morgan fingerprint density at radius 3 is 1.43 bits per heavy atom. The highest BCUT2D eigenvalue weighted by molar-refractivity contribution is 7.48. The SMILES string of the molecule is C=C(C)C(=O)OC(C)c1cc(OC)ccc1OP(=O)(O)Oc1ccc(OC)cc1C(C)OC(=O)C(=C)C. The first kappa shape index (κ1) is 29.5. The van der Waals surface area contributed by atoms with Crippen molar-refractivity contribution >= 4 is 19.8 Å². The van der Waals surface area contributed by atoms with Gasteiger partial charge in [-0.05, 0) is 64.1 Å². The molecule has 0 aliphatic rings. The molecule has 10 nitrogen and oxygen atoms in total. The Morgan fingerprint density at radius 2 is 1.14 bits per heavy atom. The van der Waals surface area contributed by atoms with Gasteiger partial charge in [-0.3, -0.25) is 4.89 Å². The van der Waals surface area contributed by atoms with Crippen molar-refractivity contribution in [3.63, 3.8) is 0 Å². The largest absolute Gasteiger partial charge is 0.584 e. The van der Waals surface area contributed by atoms with Crippen LogP contribution in [-0.2, 0) is 23.6 Å². The van der Waals surface area contributed by atoms with Crippen LogP contribution in [0.15, 0.2) is 60.7 Å². The Kier molecular flexibility index (Phi) is 9.94. The number of phosphoric acid groups is 1. The van der Waals surface area contributed by atoms with Crippen LogP contribution >= 0.6 is 7.82 Å². The summed E-state index contributed by atoms with van der Waals surface area (Å²) in [5.41, 5.74) is 0.875. The van der Waals surface area contributed by atoms with Crippen molar-refractivity contribution in [1.82, 2.24) is 0 Å².